The van der Waals surface area contributed by atoms with Crippen LogP contribution in [0.2, 0.25) is 0 Å². The Bertz CT molecular complexity index is 1540. The maximum absolute atomic E-state index is 10.6. The summed E-state index contributed by atoms with van der Waals surface area (Å²) in [4.78, 5) is 42.5. The number of hydrogen-bond donors (Lipinski definition) is 0. The van der Waals surface area contributed by atoms with Gasteiger partial charge in [0.2, 0.25) is 0 Å². The van der Waals surface area contributed by atoms with E-state index in [4.69, 9.17) is 0 Å². The molecule has 4 unspecified atom stereocenters. The van der Waals surface area contributed by atoms with Crippen LogP contribution >= 0.6 is 0 Å². The summed E-state index contributed by atoms with van der Waals surface area (Å²) in [6.45, 7) is 16.9. The van der Waals surface area contributed by atoms with Crippen LogP contribution in [0.5, 0.6) is 0 Å². The SMILES string of the molecule is CCCC(C)c1cccc(C(=O)[O-])c1.CCCC(C)c1cccc(C(=O)[O-])c1.CCCC(C)c1cccc(C(=O)[O-])c1.CCCC(C)c1cccc(C(=O)[O-])c1.[Pb]. The minimum atomic E-state index is -1.10. The molecular formula is C48H60O8Pb-4. The fourth-order valence-corrected chi connectivity index (χ4v) is 6.29. The molecule has 0 N–H and O–H groups in total. The van der Waals surface area contributed by atoms with Gasteiger partial charge in [0.15, 0.2) is 0 Å². The van der Waals surface area contributed by atoms with E-state index in [2.05, 4.69) is 55.4 Å². The molecule has 0 saturated carbocycles. The first kappa shape index (κ1) is 52.7. The van der Waals surface area contributed by atoms with Crippen LogP contribution in [0.25, 0.3) is 0 Å². The monoisotopic (exact) mass is 972 g/mol. The van der Waals surface area contributed by atoms with Gasteiger partial charge in [0.05, 0.1) is 23.9 Å². The molecule has 4 aromatic rings. The van der Waals surface area contributed by atoms with Crippen LogP contribution in [-0.2, 0) is 0 Å². The van der Waals surface area contributed by atoms with Crippen LogP contribution in [0, 0.1) is 0 Å². The predicted octanol–water partition coefficient (Wildman–Crippen LogP) is 7.43. The number of carbonyl (C=O) groups excluding carboxylic acids is 4. The maximum atomic E-state index is 10.6. The molecule has 0 aliphatic heterocycles. The molecule has 0 bridgehead atoms. The Kier molecular flexibility index (Phi) is 26.8. The average molecular weight is 972 g/mol. The molecule has 0 amide bonds. The summed E-state index contributed by atoms with van der Waals surface area (Å²) in [5, 5.41) is 42.5. The Morgan fingerprint density at radius 2 is 0.561 bits per heavy atom. The molecule has 308 valence electrons. The van der Waals surface area contributed by atoms with Crippen molar-refractivity contribution in [3.8, 4) is 0 Å². The van der Waals surface area contributed by atoms with Gasteiger partial charge in [-0.15, -0.1) is 0 Å². The maximum Gasteiger partial charge on any atom is 0.0715 e. The van der Waals surface area contributed by atoms with Crippen molar-refractivity contribution in [1.82, 2.24) is 0 Å². The summed E-state index contributed by atoms with van der Waals surface area (Å²) < 4.78 is 0. The van der Waals surface area contributed by atoms with Crippen LogP contribution in [0.3, 0.4) is 0 Å². The van der Waals surface area contributed by atoms with E-state index in [1.54, 1.807) is 72.8 Å². The topological polar surface area (TPSA) is 161 Å². The van der Waals surface area contributed by atoms with E-state index in [0.717, 1.165) is 73.6 Å². The number of carbonyl (C=O) groups is 4. The molecule has 8 nitrogen and oxygen atoms in total. The molecule has 4 aromatic carbocycles. The predicted molar refractivity (Wildman–Crippen MR) is 222 cm³/mol. The molecule has 0 spiro atoms. The van der Waals surface area contributed by atoms with E-state index in [1.165, 1.54) is 0 Å². The van der Waals surface area contributed by atoms with Gasteiger partial charge in [-0.3, -0.25) is 0 Å². The zero-order valence-electron chi connectivity index (χ0n) is 35.0. The molecule has 9 heteroatoms. The van der Waals surface area contributed by atoms with E-state index in [9.17, 15) is 39.6 Å². The molecule has 0 aliphatic carbocycles. The zero-order valence-corrected chi connectivity index (χ0v) is 38.9. The van der Waals surface area contributed by atoms with Crippen LogP contribution in [-0.4, -0.2) is 51.2 Å². The third-order valence-electron chi connectivity index (χ3n) is 9.65. The average Bonchev–Trinajstić information content (AvgIpc) is 3.19. The van der Waals surface area contributed by atoms with Crippen LogP contribution in [0.15, 0.2) is 97.1 Å². The third-order valence-corrected chi connectivity index (χ3v) is 9.65. The summed E-state index contributed by atoms with van der Waals surface area (Å²) in [7, 11) is 0. The van der Waals surface area contributed by atoms with Gasteiger partial charge in [0.25, 0.3) is 0 Å². The van der Waals surface area contributed by atoms with Crippen molar-refractivity contribution in [1.29, 1.82) is 0 Å². The Morgan fingerprint density at radius 3 is 0.702 bits per heavy atom. The van der Waals surface area contributed by atoms with E-state index in [0.29, 0.717) is 23.7 Å². The smallest absolute Gasteiger partial charge is 0.0715 e. The van der Waals surface area contributed by atoms with E-state index in [-0.39, 0.29) is 49.6 Å². The standard InChI is InChI=1S/4C12H16O2.Pb/c4*1-3-5-9(2)10-6-4-7-11(8-10)12(13)14;/h4*4,6-9H,3,5H2,1-2H3,(H,13,14);/p-4. The van der Waals surface area contributed by atoms with Crippen LogP contribution < -0.4 is 20.4 Å². The number of rotatable bonds is 16. The molecule has 57 heavy (non-hydrogen) atoms. The molecule has 0 aliphatic rings. The zero-order chi connectivity index (χ0) is 42.2. The van der Waals surface area contributed by atoms with E-state index in [1.807, 2.05) is 24.3 Å². The van der Waals surface area contributed by atoms with Crippen molar-refractivity contribution in [3.05, 3.63) is 142 Å². The minimum absolute atomic E-state index is 0. The molecule has 0 aromatic heterocycles. The number of carboxylic acids is 4. The summed E-state index contributed by atoms with van der Waals surface area (Å²) in [5.74, 6) is -2.74. The Morgan fingerprint density at radius 1 is 0.386 bits per heavy atom. The third kappa shape index (κ3) is 20.1. The fraction of sp³-hybridized carbons (Fsp3) is 0.417. The van der Waals surface area contributed by atoms with Gasteiger partial charge in [0.1, 0.15) is 0 Å². The van der Waals surface area contributed by atoms with Crippen molar-refractivity contribution < 1.29 is 39.6 Å². The second kappa shape index (κ2) is 29.0. The molecule has 0 saturated heterocycles. The van der Waals surface area contributed by atoms with Gasteiger partial charge < -0.3 is 39.6 Å². The minimum Gasteiger partial charge on any atom is -0.545 e. The van der Waals surface area contributed by atoms with E-state index >= 15 is 0 Å². The van der Waals surface area contributed by atoms with Crippen molar-refractivity contribution in [2.24, 2.45) is 0 Å². The van der Waals surface area contributed by atoms with Crippen molar-refractivity contribution >= 4 is 51.2 Å². The van der Waals surface area contributed by atoms with Gasteiger partial charge >= 0.3 is 0 Å². The van der Waals surface area contributed by atoms with Crippen LogP contribution in [0.4, 0.5) is 0 Å². The summed E-state index contributed by atoms with van der Waals surface area (Å²) in [6, 6.07) is 28.0. The van der Waals surface area contributed by atoms with Crippen molar-refractivity contribution in [2.75, 3.05) is 0 Å². The summed E-state index contributed by atoms with van der Waals surface area (Å²) in [6.07, 6.45) is 8.75. The summed E-state index contributed by atoms with van der Waals surface area (Å²) in [5.41, 5.74) is 5.39. The van der Waals surface area contributed by atoms with E-state index < -0.39 is 23.9 Å². The van der Waals surface area contributed by atoms with Crippen LogP contribution in [0.1, 0.15) is 194 Å². The Hall–Kier alpha value is -4.32. The first-order valence-corrected chi connectivity index (χ1v) is 19.8. The largest absolute Gasteiger partial charge is 0.545 e. The normalized spacial score (nSPS) is 12.2. The second-order valence-electron chi connectivity index (χ2n) is 14.4. The number of benzene rings is 4. The quantitative estimate of drug-likeness (QED) is 0.105. The second-order valence-corrected chi connectivity index (χ2v) is 14.4. The van der Waals surface area contributed by atoms with Crippen molar-refractivity contribution in [2.45, 2.75) is 130 Å². The molecule has 0 fully saturated rings. The first-order valence-electron chi connectivity index (χ1n) is 19.8. The Labute approximate surface area is 360 Å². The van der Waals surface area contributed by atoms with Gasteiger partial charge in [-0.2, -0.15) is 0 Å². The van der Waals surface area contributed by atoms with Gasteiger partial charge in [0, 0.05) is 27.3 Å². The summed E-state index contributed by atoms with van der Waals surface area (Å²) >= 11 is 0. The molecule has 4 radical (unpaired) electrons. The number of hydrogen-bond acceptors (Lipinski definition) is 8. The molecule has 4 rings (SSSR count). The van der Waals surface area contributed by atoms with Gasteiger partial charge in [-0.1, -0.05) is 154 Å². The molecule has 4 atom stereocenters. The fourth-order valence-electron chi connectivity index (χ4n) is 6.29. The first-order chi connectivity index (χ1) is 26.6. The molecule has 0 heterocycles. The number of carboxylic acid groups (broad SMARTS) is 4. The molecular weight excluding hydrogens is 912 g/mol. The van der Waals surface area contributed by atoms with Gasteiger partial charge in [-0.25, -0.2) is 0 Å². The number of aromatic carboxylic acids is 4. The van der Waals surface area contributed by atoms with Gasteiger partial charge in [-0.05, 0) is 118 Å². The Balaban J connectivity index is 0.000000729. The van der Waals surface area contributed by atoms with Crippen molar-refractivity contribution in [3.63, 3.8) is 0 Å².